The first kappa shape index (κ1) is 9.21. The molecule has 3 aromatic rings. The molecule has 0 fully saturated rings. The fraction of sp³-hybridized carbons (Fsp3) is 0.154. The Hall–Kier alpha value is -2.03. The Balaban J connectivity index is 2.21. The predicted molar refractivity (Wildman–Crippen MR) is 62.4 cm³/mol. The second kappa shape index (κ2) is 3.23. The van der Waals surface area contributed by atoms with E-state index in [1.165, 1.54) is 5.56 Å². The van der Waals surface area contributed by atoms with Gasteiger partial charge in [-0.3, -0.25) is 0 Å². The molecule has 0 aliphatic carbocycles. The van der Waals surface area contributed by atoms with Gasteiger partial charge in [-0.2, -0.15) is 4.57 Å². The summed E-state index contributed by atoms with van der Waals surface area (Å²) in [4.78, 5) is 4.31. The quantitative estimate of drug-likeness (QED) is 0.620. The van der Waals surface area contributed by atoms with Gasteiger partial charge in [0.15, 0.2) is 5.65 Å². The van der Waals surface area contributed by atoms with Crippen LogP contribution in [0.5, 0.6) is 0 Å². The molecule has 0 saturated heterocycles. The normalized spacial score (nSPS) is 11.1. The van der Waals surface area contributed by atoms with Crippen LogP contribution in [0.4, 0.5) is 0 Å². The minimum Gasteiger partial charge on any atom is -0.378 e. The van der Waals surface area contributed by atoms with Gasteiger partial charge in [0.25, 0.3) is 0 Å². The number of aromatic nitrogens is 2. The minimum absolute atomic E-state index is 0.855. The molecule has 80 valence electrons. The van der Waals surface area contributed by atoms with Gasteiger partial charge in [0.1, 0.15) is 11.5 Å². The molecule has 0 unspecified atom stereocenters. The summed E-state index contributed by atoms with van der Waals surface area (Å²) in [7, 11) is 0. The molecule has 0 radical (unpaired) electrons. The second-order valence-electron chi connectivity index (χ2n) is 4.01. The smallest absolute Gasteiger partial charge is 0.172 e. The molecule has 3 rings (SSSR count). The highest BCUT2D eigenvalue weighted by Gasteiger charge is 2.09. The van der Waals surface area contributed by atoms with Crippen LogP contribution in [0.3, 0.4) is 0 Å². The zero-order valence-electron chi connectivity index (χ0n) is 9.27. The zero-order valence-corrected chi connectivity index (χ0v) is 9.27. The molecule has 0 bridgehead atoms. The molecule has 0 spiro atoms. The predicted octanol–water partition coefficient (Wildman–Crippen LogP) is 3.21. The van der Waals surface area contributed by atoms with Crippen LogP contribution >= 0.6 is 0 Å². The van der Waals surface area contributed by atoms with Gasteiger partial charge in [0.2, 0.25) is 0 Å². The average Bonchev–Trinajstić information content (AvgIpc) is 2.78. The third kappa shape index (κ3) is 1.33. The summed E-state index contributed by atoms with van der Waals surface area (Å²) >= 11 is 0. The average molecular weight is 212 g/mol. The van der Waals surface area contributed by atoms with Gasteiger partial charge in [-0.25, -0.2) is 4.98 Å². The first-order valence-electron chi connectivity index (χ1n) is 5.25. The number of benzene rings is 1. The van der Waals surface area contributed by atoms with Crippen LogP contribution in [-0.2, 0) is 0 Å². The number of rotatable bonds is 1. The molecule has 2 heterocycles. The molecule has 2 aromatic heterocycles. The molecule has 3 heteroatoms. The lowest BCUT2D eigenvalue weighted by molar-refractivity contribution is 0.361. The Labute approximate surface area is 93.3 Å². The Morgan fingerprint density at radius 2 is 1.88 bits per heavy atom. The Kier molecular flexibility index (Phi) is 1.86. The van der Waals surface area contributed by atoms with Gasteiger partial charge in [-0.05, 0) is 13.8 Å². The standard InChI is InChI=1S/C13H12N2O/c1-9-3-5-11(6-4-9)12-8-14-13-7-10(2)16-15(12)13/h3-8H,1-2H3. The summed E-state index contributed by atoms with van der Waals surface area (Å²) in [6.07, 6.45) is 1.84. The molecule has 0 aliphatic rings. The SMILES string of the molecule is Cc1ccc(-c2cnc3cc(C)on23)cc1. The summed E-state index contributed by atoms with van der Waals surface area (Å²) in [6, 6.07) is 10.3. The lowest BCUT2D eigenvalue weighted by Crippen LogP contribution is -1.83. The van der Waals surface area contributed by atoms with Crippen LogP contribution in [0.25, 0.3) is 16.9 Å². The van der Waals surface area contributed by atoms with Crippen LogP contribution in [0, 0.1) is 13.8 Å². The van der Waals surface area contributed by atoms with Crippen LogP contribution in [0.2, 0.25) is 0 Å². The van der Waals surface area contributed by atoms with Crippen molar-refractivity contribution in [3.05, 3.63) is 47.9 Å². The first-order valence-corrected chi connectivity index (χ1v) is 5.25. The van der Waals surface area contributed by atoms with Crippen molar-refractivity contribution < 1.29 is 4.52 Å². The van der Waals surface area contributed by atoms with Crippen LogP contribution in [0.1, 0.15) is 11.3 Å². The molecule has 0 aliphatic heterocycles. The minimum atomic E-state index is 0.855. The maximum absolute atomic E-state index is 5.58. The lowest BCUT2D eigenvalue weighted by Gasteiger charge is -1.99. The van der Waals surface area contributed by atoms with E-state index in [1.54, 1.807) is 4.57 Å². The van der Waals surface area contributed by atoms with E-state index >= 15 is 0 Å². The molecule has 3 nitrogen and oxygen atoms in total. The topological polar surface area (TPSA) is 30.4 Å². The third-order valence-electron chi connectivity index (χ3n) is 2.66. The summed E-state index contributed by atoms with van der Waals surface area (Å²) in [5, 5.41) is 0. The number of nitrogens with zero attached hydrogens (tertiary/aromatic N) is 2. The number of imidazole rings is 1. The Bertz CT molecular complexity index is 632. The van der Waals surface area contributed by atoms with Crippen molar-refractivity contribution in [3.63, 3.8) is 0 Å². The van der Waals surface area contributed by atoms with Crippen molar-refractivity contribution in [1.29, 1.82) is 0 Å². The highest BCUT2D eigenvalue weighted by atomic mass is 16.5. The van der Waals surface area contributed by atoms with Crippen molar-refractivity contribution in [1.82, 2.24) is 9.56 Å². The first-order chi connectivity index (χ1) is 7.74. The van der Waals surface area contributed by atoms with Crippen LogP contribution < -0.4 is 0 Å². The maximum atomic E-state index is 5.58. The molecule has 0 atom stereocenters. The van der Waals surface area contributed by atoms with E-state index in [4.69, 9.17) is 4.52 Å². The molecule has 16 heavy (non-hydrogen) atoms. The number of hydrogen-bond acceptors (Lipinski definition) is 2. The maximum Gasteiger partial charge on any atom is 0.172 e. The van der Waals surface area contributed by atoms with Crippen LogP contribution in [-0.4, -0.2) is 9.56 Å². The van der Waals surface area contributed by atoms with Gasteiger partial charge in [-0.15, -0.1) is 0 Å². The molecule has 1 aromatic carbocycles. The fourth-order valence-corrected chi connectivity index (χ4v) is 1.82. The van der Waals surface area contributed by atoms with E-state index in [-0.39, 0.29) is 0 Å². The monoisotopic (exact) mass is 212 g/mol. The van der Waals surface area contributed by atoms with E-state index in [2.05, 4.69) is 36.2 Å². The van der Waals surface area contributed by atoms with Crippen molar-refractivity contribution in [2.24, 2.45) is 0 Å². The summed E-state index contributed by atoms with van der Waals surface area (Å²) in [6.45, 7) is 4.00. The van der Waals surface area contributed by atoms with Crippen LogP contribution in [0.15, 0.2) is 41.1 Å². The zero-order chi connectivity index (χ0) is 11.1. The van der Waals surface area contributed by atoms with Crippen molar-refractivity contribution in [3.8, 4) is 11.3 Å². The summed E-state index contributed by atoms with van der Waals surface area (Å²) < 4.78 is 7.34. The number of hydrogen-bond donors (Lipinski definition) is 0. The van der Waals surface area contributed by atoms with Gasteiger partial charge in [-0.1, -0.05) is 29.8 Å². The fourth-order valence-electron chi connectivity index (χ4n) is 1.82. The van der Waals surface area contributed by atoms with Gasteiger partial charge >= 0.3 is 0 Å². The number of fused-ring (bicyclic) bond motifs is 1. The van der Waals surface area contributed by atoms with E-state index in [1.807, 2.05) is 19.2 Å². The van der Waals surface area contributed by atoms with Gasteiger partial charge in [0, 0.05) is 11.6 Å². The van der Waals surface area contributed by atoms with Gasteiger partial charge in [0.05, 0.1) is 6.20 Å². The highest BCUT2D eigenvalue weighted by Crippen LogP contribution is 2.22. The van der Waals surface area contributed by atoms with E-state index in [9.17, 15) is 0 Å². The van der Waals surface area contributed by atoms with E-state index in [0.717, 1.165) is 22.7 Å². The molecular formula is C13H12N2O. The highest BCUT2D eigenvalue weighted by molar-refractivity contribution is 5.63. The largest absolute Gasteiger partial charge is 0.378 e. The number of aryl methyl sites for hydroxylation is 2. The summed E-state index contributed by atoms with van der Waals surface area (Å²) in [5.74, 6) is 0.872. The molecular weight excluding hydrogens is 200 g/mol. The van der Waals surface area contributed by atoms with Crippen molar-refractivity contribution in [2.45, 2.75) is 13.8 Å². The van der Waals surface area contributed by atoms with Crippen molar-refractivity contribution in [2.75, 3.05) is 0 Å². The third-order valence-corrected chi connectivity index (χ3v) is 2.66. The molecule has 0 N–H and O–H groups in total. The summed E-state index contributed by atoms with van der Waals surface area (Å²) in [5.41, 5.74) is 4.21. The van der Waals surface area contributed by atoms with Crippen molar-refractivity contribution >= 4 is 5.65 Å². The molecule has 0 amide bonds. The Morgan fingerprint density at radius 1 is 1.12 bits per heavy atom. The van der Waals surface area contributed by atoms with Gasteiger partial charge < -0.3 is 4.52 Å². The molecule has 0 saturated carbocycles. The van der Waals surface area contributed by atoms with E-state index in [0.29, 0.717) is 0 Å². The Morgan fingerprint density at radius 3 is 2.62 bits per heavy atom. The second-order valence-corrected chi connectivity index (χ2v) is 4.01. The van der Waals surface area contributed by atoms with E-state index < -0.39 is 0 Å². The lowest BCUT2D eigenvalue weighted by atomic mass is 10.1.